The fourth-order valence-electron chi connectivity index (χ4n) is 3.00. The zero-order valence-electron chi connectivity index (χ0n) is 15.8. The van der Waals surface area contributed by atoms with Gasteiger partial charge in [0.1, 0.15) is 23.3 Å². The molecule has 5 heteroatoms. The number of carbonyl (C=O) groups excluding carboxylic acids is 1. The van der Waals surface area contributed by atoms with Crippen LogP contribution in [0.3, 0.4) is 0 Å². The van der Waals surface area contributed by atoms with Gasteiger partial charge in [-0.05, 0) is 42.3 Å². The third-order valence-electron chi connectivity index (χ3n) is 4.41. The molecule has 0 bridgehead atoms. The number of fused-ring (bicyclic) bond motifs is 1. The van der Waals surface area contributed by atoms with E-state index in [9.17, 15) is 9.59 Å². The molecule has 0 saturated carbocycles. The normalized spacial score (nSPS) is 10.7. The Kier molecular flexibility index (Phi) is 5.12. The fourth-order valence-corrected chi connectivity index (χ4v) is 3.00. The molecule has 1 heterocycles. The molecule has 4 aromatic rings. The number of esters is 1. The second kappa shape index (κ2) is 8.02. The first-order valence-electron chi connectivity index (χ1n) is 9.11. The minimum absolute atomic E-state index is 0.141. The lowest BCUT2D eigenvalue weighted by molar-refractivity contribution is -0.136. The zero-order chi connectivity index (χ0) is 20.2. The number of benzene rings is 3. The van der Waals surface area contributed by atoms with Crippen LogP contribution < -0.4 is 14.9 Å². The van der Waals surface area contributed by atoms with Crippen molar-refractivity contribution in [2.24, 2.45) is 0 Å². The van der Waals surface area contributed by atoms with Gasteiger partial charge in [0.2, 0.25) is 0 Å². The SMILES string of the molecule is Cc1cccc(OCC(=O)Oc2ccc3c(=O)c(-c4ccccc4)coc3c2)c1. The Morgan fingerprint density at radius 1 is 0.931 bits per heavy atom. The van der Waals surface area contributed by atoms with Crippen LogP contribution in [0.15, 0.2) is 88.3 Å². The number of hydrogen-bond donors (Lipinski definition) is 0. The number of ether oxygens (including phenoxy) is 2. The van der Waals surface area contributed by atoms with Gasteiger partial charge in [-0.3, -0.25) is 4.79 Å². The Morgan fingerprint density at radius 3 is 2.55 bits per heavy atom. The van der Waals surface area contributed by atoms with Crippen LogP contribution in [0, 0.1) is 6.92 Å². The summed E-state index contributed by atoms with van der Waals surface area (Å²) in [4.78, 5) is 24.8. The van der Waals surface area contributed by atoms with Crippen LogP contribution in [0.1, 0.15) is 5.56 Å². The van der Waals surface area contributed by atoms with Crippen LogP contribution in [-0.2, 0) is 4.79 Å². The monoisotopic (exact) mass is 386 g/mol. The van der Waals surface area contributed by atoms with Gasteiger partial charge in [-0.1, -0.05) is 42.5 Å². The molecular weight excluding hydrogens is 368 g/mol. The van der Waals surface area contributed by atoms with E-state index in [1.807, 2.05) is 55.5 Å². The number of rotatable bonds is 5. The number of hydrogen-bond acceptors (Lipinski definition) is 5. The maximum Gasteiger partial charge on any atom is 0.349 e. The van der Waals surface area contributed by atoms with Crippen molar-refractivity contribution in [1.82, 2.24) is 0 Å². The fraction of sp³-hybridized carbons (Fsp3) is 0.0833. The largest absolute Gasteiger partial charge is 0.482 e. The average molecular weight is 386 g/mol. The Hall–Kier alpha value is -3.86. The van der Waals surface area contributed by atoms with Gasteiger partial charge in [-0.15, -0.1) is 0 Å². The zero-order valence-corrected chi connectivity index (χ0v) is 15.8. The second-order valence-corrected chi connectivity index (χ2v) is 6.58. The van der Waals surface area contributed by atoms with E-state index in [1.165, 1.54) is 12.3 Å². The van der Waals surface area contributed by atoms with Crippen LogP contribution >= 0.6 is 0 Å². The van der Waals surface area contributed by atoms with Crippen molar-refractivity contribution < 1.29 is 18.7 Å². The van der Waals surface area contributed by atoms with Crippen LogP contribution in [0.4, 0.5) is 0 Å². The summed E-state index contributed by atoms with van der Waals surface area (Å²) in [7, 11) is 0. The predicted octanol–water partition coefficient (Wildman–Crippen LogP) is 4.75. The van der Waals surface area contributed by atoms with E-state index in [2.05, 4.69) is 0 Å². The first-order valence-corrected chi connectivity index (χ1v) is 9.11. The molecule has 3 aromatic carbocycles. The van der Waals surface area contributed by atoms with Gasteiger partial charge >= 0.3 is 5.97 Å². The molecular formula is C24H18O5. The van der Waals surface area contributed by atoms with Gasteiger partial charge in [-0.2, -0.15) is 0 Å². The van der Waals surface area contributed by atoms with Crippen molar-refractivity contribution in [2.45, 2.75) is 6.92 Å². The molecule has 144 valence electrons. The van der Waals surface area contributed by atoms with Crippen molar-refractivity contribution >= 4 is 16.9 Å². The van der Waals surface area contributed by atoms with Crippen LogP contribution in [0.5, 0.6) is 11.5 Å². The molecule has 0 radical (unpaired) electrons. The molecule has 0 aliphatic carbocycles. The third kappa shape index (κ3) is 4.19. The molecule has 0 atom stereocenters. The topological polar surface area (TPSA) is 65.7 Å². The van der Waals surface area contributed by atoms with Crippen LogP contribution in [0.25, 0.3) is 22.1 Å². The standard InChI is InChI=1S/C24H18O5/c1-16-6-5-9-18(12-16)27-15-23(25)29-19-10-11-20-22(13-19)28-14-21(24(20)26)17-7-3-2-4-8-17/h2-14H,15H2,1H3. The van der Waals surface area contributed by atoms with E-state index in [0.29, 0.717) is 22.3 Å². The molecule has 0 amide bonds. The Bertz CT molecular complexity index is 1220. The summed E-state index contributed by atoms with van der Waals surface area (Å²) in [5.41, 5.74) is 2.51. The summed E-state index contributed by atoms with van der Waals surface area (Å²) in [5.74, 6) is 0.333. The summed E-state index contributed by atoms with van der Waals surface area (Å²) in [6, 6.07) is 21.4. The van der Waals surface area contributed by atoms with Gasteiger partial charge in [0, 0.05) is 6.07 Å². The number of carbonyl (C=O) groups is 1. The Morgan fingerprint density at radius 2 is 1.76 bits per heavy atom. The second-order valence-electron chi connectivity index (χ2n) is 6.58. The van der Waals surface area contributed by atoms with Gasteiger partial charge in [0.25, 0.3) is 0 Å². The highest BCUT2D eigenvalue weighted by Gasteiger charge is 2.12. The van der Waals surface area contributed by atoms with E-state index >= 15 is 0 Å². The molecule has 0 N–H and O–H groups in total. The van der Waals surface area contributed by atoms with E-state index < -0.39 is 5.97 Å². The smallest absolute Gasteiger partial charge is 0.349 e. The lowest BCUT2D eigenvalue weighted by atomic mass is 10.1. The average Bonchev–Trinajstić information content (AvgIpc) is 2.73. The van der Waals surface area contributed by atoms with Crippen molar-refractivity contribution in [3.05, 3.63) is 94.8 Å². The molecule has 1 aromatic heterocycles. The maximum absolute atomic E-state index is 12.8. The minimum atomic E-state index is -0.547. The molecule has 5 nitrogen and oxygen atoms in total. The quantitative estimate of drug-likeness (QED) is 0.366. The van der Waals surface area contributed by atoms with Crippen molar-refractivity contribution in [3.8, 4) is 22.6 Å². The lowest BCUT2D eigenvalue weighted by Crippen LogP contribution is -2.17. The van der Waals surface area contributed by atoms with Gasteiger partial charge < -0.3 is 13.9 Å². The minimum Gasteiger partial charge on any atom is -0.482 e. The van der Waals surface area contributed by atoms with E-state index in [-0.39, 0.29) is 17.8 Å². The molecule has 4 rings (SSSR count). The van der Waals surface area contributed by atoms with Crippen LogP contribution in [-0.4, -0.2) is 12.6 Å². The van der Waals surface area contributed by atoms with E-state index in [1.54, 1.807) is 18.2 Å². The van der Waals surface area contributed by atoms with E-state index in [0.717, 1.165) is 11.1 Å². The Balaban J connectivity index is 1.50. The van der Waals surface area contributed by atoms with E-state index in [4.69, 9.17) is 13.9 Å². The van der Waals surface area contributed by atoms with Crippen molar-refractivity contribution in [2.75, 3.05) is 6.61 Å². The maximum atomic E-state index is 12.8. The first kappa shape index (κ1) is 18.5. The summed E-state index contributed by atoms with van der Waals surface area (Å²) >= 11 is 0. The lowest BCUT2D eigenvalue weighted by Gasteiger charge is -2.08. The van der Waals surface area contributed by atoms with Gasteiger partial charge in [-0.25, -0.2) is 4.79 Å². The highest BCUT2D eigenvalue weighted by molar-refractivity contribution is 5.83. The molecule has 0 spiro atoms. The number of aryl methyl sites for hydroxylation is 1. The molecule has 0 unspecified atom stereocenters. The molecule has 0 aliphatic heterocycles. The highest BCUT2D eigenvalue weighted by atomic mass is 16.6. The summed E-state index contributed by atoms with van der Waals surface area (Å²) in [6.45, 7) is 1.72. The Labute approximate surface area is 167 Å². The molecule has 29 heavy (non-hydrogen) atoms. The predicted molar refractivity (Wildman–Crippen MR) is 110 cm³/mol. The third-order valence-corrected chi connectivity index (χ3v) is 4.41. The summed E-state index contributed by atoms with van der Waals surface area (Å²) in [6.07, 6.45) is 1.42. The van der Waals surface area contributed by atoms with Crippen molar-refractivity contribution in [3.63, 3.8) is 0 Å². The van der Waals surface area contributed by atoms with Gasteiger partial charge in [0.15, 0.2) is 12.0 Å². The highest BCUT2D eigenvalue weighted by Crippen LogP contribution is 2.23. The molecule has 0 fully saturated rings. The first-order chi connectivity index (χ1) is 14.1. The molecule has 0 aliphatic rings. The summed E-state index contributed by atoms with van der Waals surface area (Å²) in [5, 5.41) is 0.419. The van der Waals surface area contributed by atoms with Gasteiger partial charge in [0.05, 0.1) is 10.9 Å². The summed E-state index contributed by atoms with van der Waals surface area (Å²) < 4.78 is 16.4. The van der Waals surface area contributed by atoms with Crippen LogP contribution in [0.2, 0.25) is 0 Å². The van der Waals surface area contributed by atoms with Crippen molar-refractivity contribution in [1.29, 1.82) is 0 Å². The molecule has 0 saturated heterocycles.